The zero-order valence-electron chi connectivity index (χ0n) is 12.9. The summed E-state index contributed by atoms with van der Waals surface area (Å²) in [6, 6.07) is 5.72. The molecule has 1 N–H and O–H groups in total. The first-order valence-corrected chi connectivity index (χ1v) is 8.59. The van der Waals surface area contributed by atoms with Gasteiger partial charge in [0, 0.05) is 37.1 Å². The molecule has 4 heterocycles. The predicted octanol–water partition coefficient (Wildman–Crippen LogP) is 2.17. The molecule has 3 aromatic heterocycles. The molecule has 0 spiro atoms. The van der Waals surface area contributed by atoms with Crippen LogP contribution in [0, 0.1) is 10.1 Å². The van der Waals surface area contributed by atoms with Crippen LogP contribution in [-0.4, -0.2) is 44.1 Å². The highest BCUT2D eigenvalue weighted by molar-refractivity contribution is 7.10. The Morgan fingerprint density at radius 2 is 2.29 bits per heavy atom. The highest BCUT2D eigenvalue weighted by Crippen LogP contribution is 2.23. The average Bonchev–Trinajstić information content (AvgIpc) is 3.20. The normalized spacial score (nSPS) is 14.7. The Kier molecular flexibility index (Phi) is 3.87. The van der Waals surface area contributed by atoms with Gasteiger partial charge in [-0.05, 0) is 34.4 Å². The van der Waals surface area contributed by atoms with Gasteiger partial charge in [0.25, 0.3) is 0 Å². The van der Waals surface area contributed by atoms with Crippen molar-refractivity contribution in [3.63, 3.8) is 0 Å². The smallest absolute Gasteiger partial charge is 0.366 e. The van der Waals surface area contributed by atoms with Crippen LogP contribution in [0.15, 0.2) is 29.8 Å². The standard InChI is InChI=1S/C15H16N6O2S/c22-21(23)15-9-17-14-2-1-13(18-20(14)15)16-5-7-19-6-3-12-11(10-19)4-8-24-12/h1-2,4,8-9H,3,5-7,10H2,(H,16,18). The molecule has 1 aliphatic heterocycles. The fraction of sp³-hybridized carbons (Fsp3) is 0.333. The summed E-state index contributed by atoms with van der Waals surface area (Å²) in [5.74, 6) is 0.478. The van der Waals surface area contributed by atoms with Crippen LogP contribution in [0.1, 0.15) is 10.4 Å². The first-order valence-electron chi connectivity index (χ1n) is 7.71. The Hall–Kier alpha value is -2.52. The average molecular weight is 344 g/mol. The van der Waals surface area contributed by atoms with E-state index in [1.54, 1.807) is 12.1 Å². The Bertz CT molecular complexity index is 889. The van der Waals surface area contributed by atoms with E-state index in [1.807, 2.05) is 11.3 Å². The number of fused-ring (bicyclic) bond motifs is 2. The summed E-state index contributed by atoms with van der Waals surface area (Å²) in [6.07, 6.45) is 2.33. The van der Waals surface area contributed by atoms with Crippen LogP contribution < -0.4 is 5.32 Å². The maximum Gasteiger partial charge on any atom is 0.368 e. The summed E-state index contributed by atoms with van der Waals surface area (Å²) < 4.78 is 1.25. The highest BCUT2D eigenvalue weighted by Gasteiger charge is 2.18. The van der Waals surface area contributed by atoms with E-state index in [0.717, 1.165) is 32.6 Å². The maximum atomic E-state index is 11.0. The minimum absolute atomic E-state index is 0.130. The molecule has 0 saturated carbocycles. The van der Waals surface area contributed by atoms with Gasteiger partial charge in [0.15, 0.2) is 5.82 Å². The molecular weight excluding hydrogens is 328 g/mol. The number of anilines is 1. The van der Waals surface area contributed by atoms with Crippen LogP contribution in [-0.2, 0) is 13.0 Å². The molecule has 0 atom stereocenters. The number of hydrogen-bond donors (Lipinski definition) is 1. The molecule has 1 aliphatic rings. The molecule has 0 aromatic carbocycles. The van der Waals surface area contributed by atoms with Crippen molar-refractivity contribution in [2.75, 3.05) is 25.0 Å². The van der Waals surface area contributed by atoms with Gasteiger partial charge in [-0.1, -0.05) is 9.61 Å². The summed E-state index contributed by atoms with van der Waals surface area (Å²) in [5, 5.41) is 20.6. The van der Waals surface area contributed by atoms with Gasteiger partial charge in [-0.15, -0.1) is 11.3 Å². The van der Waals surface area contributed by atoms with Crippen LogP contribution in [0.4, 0.5) is 11.6 Å². The topological polar surface area (TPSA) is 88.6 Å². The van der Waals surface area contributed by atoms with E-state index in [-0.39, 0.29) is 5.82 Å². The third-order valence-electron chi connectivity index (χ3n) is 4.15. The lowest BCUT2D eigenvalue weighted by molar-refractivity contribution is -0.391. The number of nitrogens with one attached hydrogen (secondary N) is 1. The van der Waals surface area contributed by atoms with Gasteiger partial charge in [-0.2, -0.15) is 0 Å². The third-order valence-corrected chi connectivity index (χ3v) is 5.18. The van der Waals surface area contributed by atoms with Crippen molar-refractivity contribution in [2.45, 2.75) is 13.0 Å². The van der Waals surface area contributed by atoms with Crippen molar-refractivity contribution in [2.24, 2.45) is 0 Å². The van der Waals surface area contributed by atoms with Gasteiger partial charge in [0.1, 0.15) is 6.20 Å². The number of nitrogens with zero attached hydrogens (tertiary/aromatic N) is 5. The Morgan fingerprint density at radius 3 is 3.17 bits per heavy atom. The molecule has 0 fully saturated rings. The minimum Gasteiger partial charge on any atom is -0.366 e. The minimum atomic E-state index is -0.483. The van der Waals surface area contributed by atoms with Gasteiger partial charge in [-0.25, -0.2) is 4.98 Å². The molecule has 9 heteroatoms. The number of thiophene rings is 1. The first kappa shape index (κ1) is 15.0. The van der Waals surface area contributed by atoms with E-state index >= 15 is 0 Å². The zero-order valence-corrected chi connectivity index (χ0v) is 13.7. The van der Waals surface area contributed by atoms with Gasteiger partial charge in [-0.3, -0.25) is 4.90 Å². The molecule has 0 radical (unpaired) electrons. The first-order chi connectivity index (χ1) is 11.7. The molecular formula is C15H16N6O2S. The lowest BCUT2D eigenvalue weighted by Gasteiger charge is -2.26. The second-order valence-corrected chi connectivity index (χ2v) is 6.68. The summed E-state index contributed by atoms with van der Waals surface area (Å²) in [7, 11) is 0. The largest absolute Gasteiger partial charge is 0.368 e. The SMILES string of the molecule is O=[N+]([O-])c1cnc2ccc(NCCN3CCc4sccc4C3)nn12. The van der Waals surface area contributed by atoms with E-state index < -0.39 is 4.92 Å². The summed E-state index contributed by atoms with van der Waals surface area (Å²) in [5.41, 5.74) is 1.90. The maximum absolute atomic E-state index is 11.0. The quantitative estimate of drug-likeness (QED) is 0.564. The molecule has 124 valence electrons. The molecule has 3 aromatic rings. The van der Waals surface area contributed by atoms with Gasteiger partial charge in [0.05, 0.1) is 0 Å². The van der Waals surface area contributed by atoms with Crippen LogP contribution in [0.5, 0.6) is 0 Å². The van der Waals surface area contributed by atoms with Crippen molar-refractivity contribution in [3.8, 4) is 0 Å². The van der Waals surface area contributed by atoms with Crippen LogP contribution in [0.3, 0.4) is 0 Å². The lowest BCUT2D eigenvalue weighted by Crippen LogP contribution is -2.33. The molecule has 8 nitrogen and oxygen atoms in total. The van der Waals surface area contributed by atoms with Crippen LogP contribution in [0.2, 0.25) is 0 Å². The Morgan fingerprint density at radius 1 is 1.38 bits per heavy atom. The Labute approximate surface area is 141 Å². The van der Waals surface area contributed by atoms with E-state index in [0.29, 0.717) is 11.5 Å². The van der Waals surface area contributed by atoms with Crippen molar-refractivity contribution in [1.29, 1.82) is 0 Å². The zero-order chi connectivity index (χ0) is 16.5. The van der Waals surface area contributed by atoms with E-state index in [4.69, 9.17) is 0 Å². The fourth-order valence-electron chi connectivity index (χ4n) is 2.92. The molecule has 0 aliphatic carbocycles. The van der Waals surface area contributed by atoms with E-state index in [2.05, 4.69) is 31.7 Å². The predicted molar refractivity (Wildman–Crippen MR) is 91.4 cm³/mol. The fourth-order valence-corrected chi connectivity index (χ4v) is 3.81. The number of aromatic nitrogens is 3. The summed E-state index contributed by atoms with van der Waals surface area (Å²) >= 11 is 1.84. The highest BCUT2D eigenvalue weighted by atomic mass is 32.1. The second-order valence-electron chi connectivity index (χ2n) is 5.68. The summed E-state index contributed by atoms with van der Waals surface area (Å²) in [6.45, 7) is 3.69. The lowest BCUT2D eigenvalue weighted by atomic mass is 10.1. The molecule has 0 bridgehead atoms. The number of nitro groups is 1. The molecule has 24 heavy (non-hydrogen) atoms. The van der Waals surface area contributed by atoms with Gasteiger partial charge in [0.2, 0.25) is 5.65 Å². The van der Waals surface area contributed by atoms with Crippen LogP contribution >= 0.6 is 11.3 Å². The Balaban J connectivity index is 1.38. The summed E-state index contributed by atoms with van der Waals surface area (Å²) in [4.78, 5) is 18.4. The molecule has 4 rings (SSSR count). The van der Waals surface area contributed by atoms with Crippen molar-refractivity contribution in [1.82, 2.24) is 19.5 Å². The monoisotopic (exact) mass is 344 g/mol. The van der Waals surface area contributed by atoms with Crippen molar-refractivity contribution < 1.29 is 4.92 Å². The van der Waals surface area contributed by atoms with Crippen molar-refractivity contribution in [3.05, 3.63) is 50.3 Å². The van der Waals surface area contributed by atoms with E-state index in [1.165, 1.54) is 21.2 Å². The molecule has 0 amide bonds. The number of hydrogen-bond acceptors (Lipinski definition) is 7. The second kappa shape index (κ2) is 6.17. The van der Waals surface area contributed by atoms with Crippen LogP contribution in [0.25, 0.3) is 5.65 Å². The van der Waals surface area contributed by atoms with Gasteiger partial charge >= 0.3 is 5.82 Å². The number of rotatable bonds is 5. The number of imidazole rings is 1. The molecule has 0 saturated heterocycles. The molecule has 0 unspecified atom stereocenters. The van der Waals surface area contributed by atoms with E-state index in [9.17, 15) is 10.1 Å². The third kappa shape index (κ3) is 2.83. The van der Waals surface area contributed by atoms with Crippen molar-refractivity contribution >= 4 is 28.6 Å². The van der Waals surface area contributed by atoms with Gasteiger partial charge < -0.3 is 15.4 Å².